The number of benzene rings is 2. The Labute approximate surface area is 140 Å². The van der Waals surface area contributed by atoms with Gasteiger partial charge < -0.3 is 19.3 Å². The standard InChI is InChI=1S/C19H20O5/c20-16-12-22-17(13-24-19(21)15-9-5-2-6-10-15)18(16)23-11-14-7-3-1-4-8-14/h1-10,16-18,20H,11-13H2/t16-,17+,18+/m1/s1. The summed E-state index contributed by atoms with van der Waals surface area (Å²) in [5.41, 5.74) is 1.49. The lowest BCUT2D eigenvalue weighted by Gasteiger charge is -2.21. The molecule has 0 unspecified atom stereocenters. The van der Waals surface area contributed by atoms with E-state index in [0.717, 1.165) is 5.56 Å². The van der Waals surface area contributed by atoms with Crippen molar-refractivity contribution in [2.24, 2.45) is 0 Å². The van der Waals surface area contributed by atoms with E-state index >= 15 is 0 Å². The van der Waals surface area contributed by atoms with Gasteiger partial charge in [-0.1, -0.05) is 48.5 Å². The van der Waals surface area contributed by atoms with Crippen molar-refractivity contribution in [2.75, 3.05) is 13.2 Å². The molecule has 0 aliphatic carbocycles. The molecule has 0 saturated carbocycles. The van der Waals surface area contributed by atoms with Crippen molar-refractivity contribution < 1.29 is 24.1 Å². The summed E-state index contributed by atoms with van der Waals surface area (Å²) in [6.07, 6.45) is -1.72. The summed E-state index contributed by atoms with van der Waals surface area (Å²) < 4.78 is 16.6. The number of hydrogen-bond donors (Lipinski definition) is 1. The van der Waals surface area contributed by atoms with E-state index in [0.29, 0.717) is 12.2 Å². The van der Waals surface area contributed by atoms with Gasteiger partial charge in [0.2, 0.25) is 0 Å². The van der Waals surface area contributed by atoms with Crippen molar-refractivity contribution in [3.8, 4) is 0 Å². The van der Waals surface area contributed by atoms with Crippen molar-refractivity contribution >= 4 is 5.97 Å². The molecule has 1 aliphatic heterocycles. The van der Waals surface area contributed by atoms with Gasteiger partial charge in [-0.25, -0.2) is 4.79 Å². The summed E-state index contributed by atoms with van der Waals surface area (Å²) in [4.78, 5) is 12.0. The van der Waals surface area contributed by atoms with E-state index in [2.05, 4.69) is 0 Å². The third-order valence-corrected chi connectivity index (χ3v) is 3.90. The number of rotatable bonds is 6. The fourth-order valence-corrected chi connectivity index (χ4v) is 2.60. The second-order valence-electron chi connectivity index (χ2n) is 5.66. The second kappa shape index (κ2) is 8.06. The number of aliphatic hydroxyl groups is 1. The van der Waals surface area contributed by atoms with Gasteiger partial charge in [-0.05, 0) is 17.7 Å². The van der Waals surface area contributed by atoms with Gasteiger partial charge in [0.15, 0.2) is 0 Å². The smallest absolute Gasteiger partial charge is 0.338 e. The molecular formula is C19H20O5. The molecular weight excluding hydrogens is 308 g/mol. The van der Waals surface area contributed by atoms with Crippen LogP contribution in [-0.2, 0) is 20.8 Å². The molecule has 1 fully saturated rings. The first-order valence-corrected chi connectivity index (χ1v) is 7.91. The van der Waals surface area contributed by atoms with Gasteiger partial charge in [0.1, 0.15) is 24.9 Å². The zero-order valence-corrected chi connectivity index (χ0v) is 13.2. The largest absolute Gasteiger partial charge is 0.459 e. The molecule has 5 nitrogen and oxygen atoms in total. The molecule has 2 aromatic carbocycles. The minimum Gasteiger partial charge on any atom is -0.459 e. The van der Waals surface area contributed by atoms with E-state index in [4.69, 9.17) is 14.2 Å². The van der Waals surface area contributed by atoms with Gasteiger partial charge in [0, 0.05) is 0 Å². The van der Waals surface area contributed by atoms with Gasteiger partial charge in [0.05, 0.1) is 18.8 Å². The maximum atomic E-state index is 12.0. The summed E-state index contributed by atoms with van der Waals surface area (Å²) in [7, 11) is 0. The molecule has 3 atom stereocenters. The first-order chi connectivity index (χ1) is 11.7. The van der Waals surface area contributed by atoms with Crippen LogP contribution in [0.3, 0.4) is 0 Å². The van der Waals surface area contributed by atoms with E-state index in [-0.39, 0.29) is 13.2 Å². The van der Waals surface area contributed by atoms with Gasteiger partial charge >= 0.3 is 5.97 Å². The lowest BCUT2D eigenvalue weighted by Crippen LogP contribution is -2.36. The van der Waals surface area contributed by atoms with Crippen LogP contribution in [0.2, 0.25) is 0 Å². The number of hydrogen-bond acceptors (Lipinski definition) is 5. The van der Waals surface area contributed by atoms with Crippen molar-refractivity contribution in [1.82, 2.24) is 0 Å². The van der Waals surface area contributed by atoms with E-state index in [1.807, 2.05) is 36.4 Å². The number of esters is 1. The van der Waals surface area contributed by atoms with Crippen LogP contribution in [0.5, 0.6) is 0 Å². The quantitative estimate of drug-likeness (QED) is 0.824. The van der Waals surface area contributed by atoms with Crippen molar-refractivity contribution in [2.45, 2.75) is 24.9 Å². The zero-order chi connectivity index (χ0) is 16.8. The molecule has 0 aromatic heterocycles. The fourth-order valence-electron chi connectivity index (χ4n) is 2.60. The van der Waals surface area contributed by atoms with Crippen LogP contribution in [-0.4, -0.2) is 42.6 Å². The Balaban J connectivity index is 1.53. The Morgan fingerprint density at radius 2 is 1.75 bits per heavy atom. The number of aliphatic hydroxyl groups excluding tert-OH is 1. The highest BCUT2D eigenvalue weighted by Crippen LogP contribution is 2.20. The highest BCUT2D eigenvalue weighted by Gasteiger charge is 2.38. The Kier molecular flexibility index (Phi) is 5.59. The van der Waals surface area contributed by atoms with E-state index in [9.17, 15) is 9.90 Å². The van der Waals surface area contributed by atoms with Crippen molar-refractivity contribution in [3.63, 3.8) is 0 Å². The SMILES string of the molecule is O=C(OC[C@@H]1OC[C@@H](O)[C@@H]1OCc1ccccc1)c1ccccc1. The predicted molar refractivity (Wildman–Crippen MR) is 87.5 cm³/mol. The molecule has 0 spiro atoms. The number of ether oxygens (including phenoxy) is 3. The number of carbonyl (C=O) groups is 1. The van der Waals surface area contributed by atoms with Crippen LogP contribution in [0.15, 0.2) is 60.7 Å². The highest BCUT2D eigenvalue weighted by atomic mass is 16.6. The lowest BCUT2D eigenvalue weighted by molar-refractivity contribution is -0.0644. The summed E-state index contributed by atoms with van der Waals surface area (Å²) in [6, 6.07) is 18.5. The first-order valence-electron chi connectivity index (χ1n) is 7.91. The van der Waals surface area contributed by atoms with Crippen LogP contribution in [0, 0.1) is 0 Å². The molecule has 5 heteroatoms. The second-order valence-corrected chi connectivity index (χ2v) is 5.66. The van der Waals surface area contributed by atoms with E-state index in [1.165, 1.54) is 0 Å². The van der Waals surface area contributed by atoms with Crippen LogP contribution >= 0.6 is 0 Å². The van der Waals surface area contributed by atoms with Gasteiger partial charge in [-0.15, -0.1) is 0 Å². The molecule has 1 aliphatic rings. The maximum Gasteiger partial charge on any atom is 0.338 e. The van der Waals surface area contributed by atoms with Crippen molar-refractivity contribution in [1.29, 1.82) is 0 Å². The van der Waals surface area contributed by atoms with Crippen LogP contribution in [0.1, 0.15) is 15.9 Å². The molecule has 2 aromatic rings. The molecule has 0 bridgehead atoms. The van der Waals surface area contributed by atoms with E-state index in [1.54, 1.807) is 24.3 Å². The monoisotopic (exact) mass is 328 g/mol. The Hall–Kier alpha value is -2.21. The summed E-state index contributed by atoms with van der Waals surface area (Å²) in [6.45, 7) is 0.590. The Morgan fingerprint density at radius 3 is 2.46 bits per heavy atom. The Bertz CT molecular complexity index is 643. The summed E-state index contributed by atoms with van der Waals surface area (Å²) >= 11 is 0. The van der Waals surface area contributed by atoms with Crippen LogP contribution in [0.25, 0.3) is 0 Å². The normalized spacial score (nSPS) is 23.1. The molecule has 0 radical (unpaired) electrons. The van der Waals surface area contributed by atoms with Gasteiger partial charge in [0.25, 0.3) is 0 Å². The Morgan fingerprint density at radius 1 is 1.08 bits per heavy atom. The summed E-state index contributed by atoms with van der Waals surface area (Å²) in [5, 5.41) is 10.0. The molecule has 1 N–H and O–H groups in total. The average Bonchev–Trinajstić information content (AvgIpc) is 2.99. The van der Waals surface area contributed by atoms with Crippen molar-refractivity contribution in [3.05, 3.63) is 71.8 Å². The molecule has 126 valence electrons. The van der Waals surface area contributed by atoms with Gasteiger partial charge in [-0.2, -0.15) is 0 Å². The molecule has 0 amide bonds. The minimum atomic E-state index is -0.728. The third-order valence-electron chi connectivity index (χ3n) is 3.90. The summed E-state index contributed by atoms with van der Waals surface area (Å²) in [5.74, 6) is -0.414. The highest BCUT2D eigenvalue weighted by molar-refractivity contribution is 5.89. The van der Waals surface area contributed by atoms with Gasteiger partial charge in [-0.3, -0.25) is 0 Å². The molecule has 1 saturated heterocycles. The molecule has 24 heavy (non-hydrogen) atoms. The van der Waals surface area contributed by atoms with Crippen LogP contribution in [0.4, 0.5) is 0 Å². The maximum absolute atomic E-state index is 12.0. The third kappa shape index (κ3) is 4.20. The predicted octanol–water partition coefficient (Wildman–Crippen LogP) is 2.19. The topological polar surface area (TPSA) is 65.0 Å². The lowest BCUT2D eigenvalue weighted by atomic mass is 10.1. The fraction of sp³-hybridized carbons (Fsp3) is 0.316. The van der Waals surface area contributed by atoms with Crippen LogP contribution < -0.4 is 0 Å². The first kappa shape index (κ1) is 16.6. The molecule has 3 rings (SSSR count). The molecule has 1 heterocycles. The minimum absolute atomic E-state index is 0.0459. The zero-order valence-electron chi connectivity index (χ0n) is 13.2. The average molecular weight is 328 g/mol. The number of carbonyl (C=O) groups excluding carboxylic acids is 1. The van der Waals surface area contributed by atoms with E-state index < -0.39 is 24.3 Å².